The third-order valence-electron chi connectivity index (χ3n) is 5.70. The highest BCUT2D eigenvalue weighted by Gasteiger charge is 2.27. The molecule has 0 bridgehead atoms. The normalized spacial score (nSPS) is 15.6. The molecule has 4 heterocycles. The van der Waals surface area contributed by atoms with Crippen molar-refractivity contribution in [3.63, 3.8) is 0 Å². The quantitative estimate of drug-likeness (QED) is 0.489. The number of hydrogen-bond acceptors (Lipinski definition) is 5. The number of fused-ring (bicyclic) bond motifs is 1. The topological polar surface area (TPSA) is 112 Å². The molecule has 1 aliphatic heterocycles. The van der Waals surface area contributed by atoms with E-state index in [4.69, 9.17) is 5.73 Å². The molecule has 2 amide bonds. The minimum Gasteiger partial charge on any atom is -0.364 e. The smallest absolute Gasteiger partial charge is 0.269 e. The molecule has 9 nitrogen and oxygen atoms in total. The number of likely N-dealkylation sites (tertiary alicyclic amines) is 1. The van der Waals surface area contributed by atoms with Crippen LogP contribution in [0.4, 0.5) is 0 Å². The van der Waals surface area contributed by atoms with Crippen molar-refractivity contribution in [2.24, 2.45) is 18.7 Å². The van der Waals surface area contributed by atoms with E-state index in [9.17, 15) is 9.59 Å². The van der Waals surface area contributed by atoms with Crippen LogP contribution in [-0.4, -0.2) is 54.9 Å². The number of hydrogen-bond donors (Lipinski definition) is 1. The number of nitrogens with zero attached hydrogens (tertiary/aromatic N) is 6. The molecule has 0 spiro atoms. The molecule has 1 fully saturated rings. The highest BCUT2D eigenvalue weighted by Crippen LogP contribution is 2.26. The number of aryl methyl sites for hydroxylation is 1. The van der Waals surface area contributed by atoms with Gasteiger partial charge in [0.1, 0.15) is 5.92 Å². The van der Waals surface area contributed by atoms with Crippen molar-refractivity contribution in [1.29, 1.82) is 0 Å². The zero-order chi connectivity index (χ0) is 23.1. The molecule has 0 saturated carbocycles. The van der Waals surface area contributed by atoms with Gasteiger partial charge in [-0.2, -0.15) is 10.2 Å². The first-order chi connectivity index (χ1) is 15.9. The Balaban J connectivity index is 1.56. The first-order valence-corrected chi connectivity index (χ1v) is 10.5. The second kappa shape index (κ2) is 7.91. The van der Waals surface area contributed by atoms with E-state index in [-0.39, 0.29) is 17.5 Å². The molecule has 4 aromatic rings. The Morgan fingerprint density at radius 2 is 2.03 bits per heavy atom. The van der Waals surface area contributed by atoms with Gasteiger partial charge < -0.3 is 10.6 Å². The summed E-state index contributed by atoms with van der Waals surface area (Å²) in [5, 5.41) is 9.19. The molecule has 0 unspecified atom stereocenters. The average Bonchev–Trinajstić information content (AvgIpc) is 3.50. The van der Waals surface area contributed by atoms with E-state index in [1.165, 1.54) is 0 Å². The van der Waals surface area contributed by atoms with Crippen molar-refractivity contribution in [1.82, 2.24) is 29.4 Å². The number of pyridine rings is 1. The zero-order valence-corrected chi connectivity index (χ0v) is 18.2. The van der Waals surface area contributed by atoms with Gasteiger partial charge in [0, 0.05) is 49.7 Å². The van der Waals surface area contributed by atoms with Gasteiger partial charge in [0.15, 0.2) is 11.3 Å². The van der Waals surface area contributed by atoms with E-state index >= 15 is 0 Å². The van der Waals surface area contributed by atoms with Gasteiger partial charge >= 0.3 is 0 Å². The van der Waals surface area contributed by atoms with Crippen LogP contribution in [0.25, 0.3) is 27.8 Å². The summed E-state index contributed by atoms with van der Waals surface area (Å²) in [7, 11) is 3.62. The maximum Gasteiger partial charge on any atom is 0.269 e. The predicted octanol–water partition coefficient (Wildman–Crippen LogP) is 1.75. The molecule has 1 aliphatic rings. The molecule has 1 saturated heterocycles. The lowest BCUT2D eigenvalue weighted by Crippen LogP contribution is -2.21. The van der Waals surface area contributed by atoms with Crippen LogP contribution < -0.4 is 5.73 Å². The van der Waals surface area contributed by atoms with Crippen molar-refractivity contribution in [3.05, 3.63) is 60.2 Å². The van der Waals surface area contributed by atoms with Crippen molar-refractivity contribution >= 4 is 22.8 Å². The Morgan fingerprint density at radius 3 is 2.73 bits per heavy atom. The third-order valence-corrected chi connectivity index (χ3v) is 5.70. The summed E-state index contributed by atoms with van der Waals surface area (Å²) >= 11 is 0. The molecule has 2 N–H and O–H groups in total. The number of primary amides is 1. The number of nitrogens with two attached hydrogens (primary N) is 1. The summed E-state index contributed by atoms with van der Waals surface area (Å²) < 4.78 is 3.28. The Bertz CT molecular complexity index is 1470. The number of benzene rings is 1. The lowest BCUT2D eigenvalue weighted by atomic mass is 10.1. The van der Waals surface area contributed by atoms with Gasteiger partial charge in [0.05, 0.1) is 17.3 Å². The highest BCUT2D eigenvalue weighted by atomic mass is 16.2. The molecule has 164 valence electrons. The van der Waals surface area contributed by atoms with Gasteiger partial charge in [-0.15, -0.1) is 0 Å². The predicted molar refractivity (Wildman–Crippen MR) is 122 cm³/mol. The number of carbonyl (C=O) groups is 2. The number of amides is 2. The van der Waals surface area contributed by atoms with Gasteiger partial charge in [0.2, 0.25) is 5.91 Å². The minimum absolute atomic E-state index is 0.0523. The zero-order valence-electron chi connectivity index (χ0n) is 18.2. The lowest BCUT2D eigenvalue weighted by molar-refractivity contribution is -0.128. The Morgan fingerprint density at radius 1 is 1.18 bits per heavy atom. The van der Waals surface area contributed by atoms with Gasteiger partial charge in [-0.3, -0.25) is 14.3 Å². The van der Waals surface area contributed by atoms with E-state index in [2.05, 4.69) is 27.0 Å². The van der Waals surface area contributed by atoms with E-state index in [1.807, 2.05) is 43.6 Å². The Hall–Kier alpha value is -4.45. The van der Waals surface area contributed by atoms with Gasteiger partial charge in [-0.25, -0.2) is 9.67 Å². The third kappa shape index (κ3) is 3.72. The summed E-state index contributed by atoms with van der Waals surface area (Å²) in [6.07, 6.45) is 6.05. The van der Waals surface area contributed by atoms with Crippen molar-refractivity contribution in [2.45, 2.75) is 6.42 Å². The van der Waals surface area contributed by atoms with Crippen LogP contribution in [0, 0.1) is 17.8 Å². The number of aromatic nitrogens is 5. The highest BCUT2D eigenvalue weighted by molar-refractivity contribution is 6.04. The molecule has 3 aromatic heterocycles. The van der Waals surface area contributed by atoms with Gasteiger partial charge in [-0.05, 0) is 30.7 Å². The molecule has 33 heavy (non-hydrogen) atoms. The summed E-state index contributed by atoms with van der Waals surface area (Å²) in [5.41, 5.74) is 9.38. The number of rotatable bonds is 3. The molecule has 9 heteroatoms. The van der Waals surface area contributed by atoms with E-state index in [0.29, 0.717) is 16.7 Å². The Labute approximate surface area is 189 Å². The molecule has 5 rings (SSSR count). The minimum atomic E-state index is -0.635. The second-order valence-electron chi connectivity index (χ2n) is 8.04. The largest absolute Gasteiger partial charge is 0.364 e. The Kier molecular flexibility index (Phi) is 4.90. The van der Waals surface area contributed by atoms with Gasteiger partial charge in [-0.1, -0.05) is 17.9 Å². The fraction of sp³-hybridized carbons (Fsp3) is 0.208. The fourth-order valence-electron chi connectivity index (χ4n) is 3.93. The van der Waals surface area contributed by atoms with Crippen LogP contribution in [-0.2, 0) is 11.8 Å². The molecular formula is C24H21N7O2. The van der Waals surface area contributed by atoms with Crippen LogP contribution in [0.15, 0.2) is 48.9 Å². The summed E-state index contributed by atoms with van der Waals surface area (Å²) in [6.45, 7) is 0.722. The monoisotopic (exact) mass is 439 g/mol. The maximum atomic E-state index is 12.1. The molecule has 0 radical (unpaired) electrons. The van der Waals surface area contributed by atoms with Crippen LogP contribution in [0.2, 0.25) is 0 Å². The van der Waals surface area contributed by atoms with E-state index in [0.717, 1.165) is 29.7 Å². The molecule has 0 aliphatic carbocycles. The number of carbonyl (C=O) groups excluding carboxylic acids is 2. The first kappa shape index (κ1) is 20.5. The standard InChI is InChI=1S/C24H21N7O2/c1-29-9-8-16(24(29)33)7-6-15-4-3-5-19(10-15)31-23-20(21(28-31)22(25)32)11-17(12-26-23)18-13-27-30(2)14-18/h3-5,10-14,16H,8-9H2,1-2H3,(H2,25,32)/t16-/m1/s1. The van der Waals surface area contributed by atoms with Crippen LogP contribution in [0.3, 0.4) is 0 Å². The second-order valence-corrected chi connectivity index (χ2v) is 8.04. The fourth-order valence-corrected chi connectivity index (χ4v) is 3.93. The molecular weight excluding hydrogens is 418 g/mol. The van der Waals surface area contributed by atoms with Crippen molar-refractivity contribution in [2.75, 3.05) is 13.6 Å². The molecule has 1 atom stereocenters. The average molecular weight is 439 g/mol. The van der Waals surface area contributed by atoms with Crippen molar-refractivity contribution < 1.29 is 9.59 Å². The molecule has 1 aromatic carbocycles. The van der Waals surface area contributed by atoms with Gasteiger partial charge in [0.25, 0.3) is 5.91 Å². The first-order valence-electron chi connectivity index (χ1n) is 10.5. The summed E-state index contributed by atoms with van der Waals surface area (Å²) in [4.78, 5) is 30.5. The SMILES string of the molecule is CN1CC[C@@H](C#Cc2cccc(-n3nc(C(N)=O)c4cc(-c5cnn(C)c5)cnc43)c2)C1=O. The van der Waals surface area contributed by atoms with E-state index in [1.54, 1.807) is 33.7 Å². The van der Waals surface area contributed by atoms with Crippen LogP contribution in [0.5, 0.6) is 0 Å². The van der Waals surface area contributed by atoms with Crippen LogP contribution >= 0.6 is 0 Å². The summed E-state index contributed by atoms with van der Waals surface area (Å²) in [5.74, 6) is 5.31. The lowest BCUT2D eigenvalue weighted by Gasteiger charge is -2.05. The van der Waals surface area contributed by atoms with Crippen LogP contribution in [0.1, 0.15) is 22.5 Å². The summed E-state index contributed by atoms with van der Waals surface area (Å²) in [6, 6.07) is 9.27. The van der Waals surface area contributed by atoms with E-state index < -0.39 is 5.91 Å². The maximum absolute atomic E-state index is 12.1. The van der Waals surface area contributed by atoms with Crippen molar-refractivity contribution in [3.8, 4) is 28.7 Å².